The SMILES string of the molecule is C/C=C/CC1=C(C(=O)CC)O1. The topological polar surface area (TPSA) is 29.6 Å². The highest BCUT2D eigenvalue weighted by atomic mass is 16.6. The molecule has 1 aliphatic heterocycles. The van der Waals surface area contributed by atoms with Gasteiger partial charge in [0.05, 0.1) is 0 Å². The van der Waals surface area contributed by atoms with E-state index in [4.69, 9.17) is 4.74 Å². The van der Waals surface area contributed by atoms with Crippen LogP contribution in [0.4, 0.5) is 0 Å². The maximum Gasteiger partial charge on any atom is 0.208 e. The molecule has 0 unspecified atom stereocenters. The van der Waals surface area contributed by atoms with E-state index in [2.05, 4.69) is 0 Å². The molecule has 0 aromatic rings. The first-order chi connectivity index (χ1) is 5.29. The normalized spacial score (nSPS) is 15.5. The molecule has 0 radical (unpaired) electrons. The fourth-order valence-electron chi connectivity index (χ4n) is 0.830. The Hall–Kier alpha value is -1.05. The Labute approximate surface area is 66.5 Å². The molecule has 0 atom stereocenters. The van der Waals surface area contributed by atoms with E-state index in [1.807, 2.05) is 26.0 Å². The summed E-state index contributed by atoms with van der Waals surface area (Å²) in [5.74, 6) is 1.55. The highest BCUT2D eigenvalue weighted by Gasteiger charge is 2.28. The van der Waals surface area contributed by atoms with Gasteiger partial charge in [-0.05, 0) is 6.92 Å². The van der Waals surface area contributed by atoms with Crippen LogP contribution in [0.5, 0.6) is 0 Å². The summed E-state index contributed by atoms with van der Waals surface area (Å²) in [6, 6.07) is 0. The van der Waals surface area contributed by atoms with E-state index in [1.165, 1.54) is 0 Å². The zero-order chi connectivity index (χ0) is 8.27. The zero-order valence-corrected chi connectivity index (χ0v) is 6.89. The Morgan fingerprint density at radius 2 is 2.36 bits per heavy atom. The molecule has 11 heavy (non-hydrogen) atoms. The van der Waals surface area contributed by atoms with Gasteiger partial charge >= 0.3 is 0 Å². The number of Topliss-reactive ketones (excluding diaryl/α,β-unsaturated/α-hetero) is 1. The lowest BCUT2D eigenvalue weighted by molar-refractivity contribution is -0.116. The Morgan fingerprint density at radius 1 is 1.64 bits per heavy atom. The van der Waals surface area contributed by atoms with Gasteiger partial charge in [0, 0.05) is 12.8 Å². The van der Waals surface area contributed by atoms with Crippen LogP contribution in [-0.4, -0.2) is 5.78 Å². The predicted octanol–water partition coefficient (Wildman–Crippen LogP) is 2.17. The van der Waals surface area contributed by atoms with Crippen LogP contribution in [0.25, 0.3) is 0 Å². The molecule has 0 bridgehead atoms. The van der Waals surface area contributed by atoms with Gasteiger partial charge in [-0.25, -0.2) is 0 Å². The lowest BCUT2D eigenvalue weighted by atomic mass is 10.2. The van der Waals surface area contributed by atoms with Gasteiger partial charge in [-0.2, -0.15) is 0 Å². The minimum atomic E-state index is 0.115. The molecule has 1 rings (SSSR count). The molecular formula is C9H12O2. The Kier molecular flexibility index (Phi) is 2.47. The van der Waals surface area contributed by atoms with E-state index in [0.29, 0.717) is 12.2 Å². The third-order valence-electron chi connectivity index (χ3n) is 1.55. The van der Waals surface area contributed by atoms with Crippen molar-refractivity contribution in [2.45, 2.75) is 26.7 Å². The average Bonchev–Trinajstić information content (AvgIpc) is 2.78. The monoisotopic (exact) mass is 152 g/mol. The van der Waals surface area contributed by atoms with Crippen molar-refractivity contribution in [1.29, 1.82) is 0 Å². The summed E-state index contributed by atoms with van der Waals surface area (Å²) in [5, 5.41) is 0. The summed E-state index contributed by atoms with van der Waals surface area (Å²) in [6.45, 7) is 3.79. The van der Waals surface area contributed by atoms with E-state index < -0.39 is 0 Å². The third kappa shape index (κ3) is 1.93. The molecular weight excluding hydrogens is 140 g/mol. The van der Waals surface area contributed by atoms with Crippen LogP contribution in [0.1, 0.15) is 26.7 Å². The Bertz CT molecular complexity index is 224. The zero-order valence-electron chi connectivity index (χ0n) is 6.89. The van der Waals surface area contributed by atoms with E-state index in [9.17, 15) is 4.79 Å². The quantitative estimate of drug-likeness (QED) is 0.578. The molecule has 2 nitrogen and oxygen atoms in total. The van der Waals surface area contributed by atoms with Crippen molar-refractivity contribution in [3.05, 3.63) is 23.7 Å². The van der Waals surface area contributed by atoms with Crippen molar-refractivity contribution >= 4 is 5.78 Å². The summed E-state index contributed by atoms with van der Waals surface area (Å²) < 4.78 is 5.00. The van der Waals surface area contributed by atoms with Crippen LogP contribution >= 0.6 is 0 Å². The highest BCUT2D eigenvalue weighted by Crippen LogP contribution is 2.30. The number of ketones is 1. The van der Waals surface area contributed by atoms with Crippen molar-refractivity contribution in [2.24, 2.45) is 0 Å². The van der Waals surface area contributed by atoms with E-state index in [0.717, 1.165) is 12.2 Å². The van der Waals surface area contributed by atoms with Crippen molar-refractivity contribution in [3.63, 3.8) is 0 Å². The maximum atomic E-state index is 10.9. The maximum absolute atomic E-state index is 10.9. The first-order valence-corrected chi connectivity index (χ1v) is 3.85. The molecule has 1 aliphatic rings. The fourth-order valence-corrected chi connectivity index (χ4v) is 0.830. The smallest absolute Gasteiger partial charge is 0.208 e. The molecule has 0 aromatic heterocycles. The first-order valence-electron chi connectivity index (χ1n) is 3.85. The van der Waals surface area contributed by atoms with Crippen LogP contribution in [0.3, 0.4) is 0 Å². The van der Waals surface area contributed by atoms with Crippen molar-refractivity contribution in [3.8, 4) is 0 Å². The Morgan fingerprint density at radius 3 is 2.91 bits per heavy atom. The van der Waals surface area contributed by atoms with E-state index in [-0.39, 0.29) is 5.78 Å². The molecule has 2 heteroatoms. The van der Waals surface area contributed by atoms with Gasteiger partial charge in [0.1, 0.15) is 0 Å². The lowest BCUT2D eigenvalue weighted by Gasteiger charge is -1.78. The van der Waals surface area contributed by atoms with Gasteiger partial charge in [0.2, 0.25) is 11.5 Å². The molecule has 0 saturated heterocycles. The third-order valence-corrected chi connectivity index (χ3v) is 1.55. The van der Waals surface area contributed by atoms with Gasteiger partial charge in [0.15, 0.2) is 5.76 Å². The lowest BCUT2D eigenvalue weighted by Crippen LogP contribution is -1.89. The number of ether oxygens (including phenoxy) is 1. The van der Waals surface area contributed by atoms with Gasteiger partial charge in [-0.15, -0.1) is 0 Å². The van der Waals surface area contributed by atoms with Crippen LogP contribution < -0.4 is 0 Å². The van der Waals surface area contributed by atoms with Crippen LogP contribution in [0, 0.1) is 0 Å². The molecule has 0 aliphatic carbocycles. The average molecular weight is 152 g/mol. The van der Waals surface area contributed by atoms with Gasteiger partial charge in [-0.3, -0.25) is 4.79 Å². The number of rotatable bonds is 4. The van der Waals surface area contributed by atoms with Crippen LogP contribution in [-0.2, 0) is 9.53 Å². The van der Waals surface area contributed by atoms with Crippen molar-refractivity contribution < 1.29 is 9.53 Å². The number of hydrogen-bond donors (Lipinski definition) is 0. The second kappa shape index (κ2) is 3.37. The predicted molar refractivity (Wildman–Crippen MR) is 42.8 cm³/mol. The van der Waals surface area contributed by atoms with Crippen molar-refractivity contribution in [1.82, 2.24) is 0 Å². The van der Waals surface area contributed by atoms with Gasteiger partial charge in [0.25, 0.3) is 0 Å². The number of carbonyl (C=O) groups is 1. The molecule has 0 aromatic carbocycles. The number of allylic oxidation sites excluding steroid dienone is 3. The molecule has 0 saturated carbocycles. The second-order valence-electron chi connectivity index (χ2n) is 2.40. The highest BCUT2D eigenvalue weighted by molar-refractivity contribution is 5.96. The minimum Gasteiger partial charge on any atom is -0.450 e. The van der Waals surface area contributed by atoms with E-state index in [1.54, 1.807) is 0 Å². The van der Waals surface area contributed by atoms with Gasteiger partial charge in [-0.1, -0.05) is 19.1 Å². The molecule has 0 amide bonds. The molecule has 0 fully saturated rings. The molecule has 1 heterocycles. The summed E-state index contributed by atoms with van der Waals surface area (Å²) in [7, 11) is 0. The standard InChI is InChI=1S/C9H12O2/c1-3-5-6-8-9(11-8)7(10)4-2/h3,5H,4,6H2,1-2H3/b5-3+. The van der Waals surface area contributed by atoms with Crippen molar-refractivity contribution in [2.75, 3.05) is 0 Å². The summed E-state index contributed by atoms with van der Waals surface area (Å²) in [5.41, 5.74) is 0. The summed E-state index contributed by atoms with van der Waals surface area (Å²) >= 11 is 0. The molecule has 0 N–H and O–H groups in total. The van der Waals surface area contributed by atoms with Crippen LogP contribution in [0.15, 0.2) is 23.7 Å². The number of hydrogen-bond acceptors (Lipinski definition) is 2. The van der Waals surface area contributed by atoms with E-state index >= 15 is 0 Å². The molecule has 60 valence electrons. The molecule has 0 spiro atoms. The summed E-state index contributed by atoms with van der Waals surface area (Å²) in [6.07, 6.45) is 5.22. The fraction of sp³-hybridized carbons (Fsp3) is 0.444. The van der Waals surface area contributed by atoms with Crippen LogP contribution in [0.2, 0.25) is 0 Å². The minimum absolute atomic E-state index is 0.115. The first kappa shape index (κ1) is 8.05. The largest absolute Gasteiger partial charge is 0.450 e. The number of carbonyl (C=O) groups excluding carboxylic acids is 1. The van der Waals surface area contributed by atoms with Gasteiger partial charge < -0.3 is 4.74 Å². The second-order valence-corrected chi connectivity index (χ2v) is 2.40. The Balaban J connectivity index is 2.41. The summed E-state index contributed by atoms with van der Waals surface area (Å²) in [4.78, 5) is 10.9.